The average molecular weight is 486 g/mol. The largest absolute Gasteiger partial charge is 0.491 e. The zero-order valence-corrected chi connectivity index (χ0v) is 20.0. The van der Waals surface area contributed by atoms with Crippen LogP contribution in [0.25, 0.3) is 0 Å². The fraction of sp³-hybridized carbons (Fsp3) is 0.333. The van der Waals surface area contributed by atoms with Crippen LogP contribution >= 0.6 is 23.2 Å². The van der Waals surface area contributed by atoms with Gasteiger partial charge in [-0.1, -0.05) is 83.9 Å². The van der Waals surface area contributed by atoms with E-state index in [0.717, 1.165) is 25.9 Å². The van der Waals surface area contributed by atoms with Crippen LogP contribution in [0.1, 0.15) is 36.4 Å². The monoisotopic (exact) mass is 485 g/mol. The number of benzene rings is 3. The van der Waals surface area contributed by atoms with Crippen LogP contribution in [0.3, 0.4) is 0 Å². The van der Waals surface area contributed by atoms with E-state index >= 15 is 0 Å². The first-order chi connectivity index (χ1) is 16.2. The standard InChI is InChI=1S/C27H29Cl2NO3/c28-24-15-14-22(17-25(24)29)32-19-23(33-26-13-7-8-16-31-26)18-30-27(20-9-3-1-4-10-20)21-11-5-2-6-12-21/h1-6,9-12,14-15,17,23,26-27,30H,7-8,13,16,18-19H2. The van der Waals surface area contributed by atoms with Crippen LogP contribution in [0.15, 0.2) is 78.9 Å². The van der Waals surface area contributed by atoms with Gasteiger partial charge >= 0.3 is 0 Å². The summed E-state index contributed by atoms with van der Waals surface area (Å²) in [5.41, 5.74) is 2.39. The lowest BCUT2D eigenvalue weighted by molar-refractivity contribution is -0.192. The molecule has 6 heteroatoms. The van der Waals surface area contributed by atoms with Crippen molar-refractivity contribution in [2.75, 3.05) is 19.8 Å². The number of hydrogen-bond acceptors (Lipinski definition) is 4. The van der Waals surface area contributed by atoms with Crippen LogP contribution in [0.5, 0.6) is 5.75 Å². The molecule has 4 rings (SSSR count). The molecule has 1 heterocycles. The molecule has 2 atom stereocenters. The molecule has 1 N–H and O–H groups in total. The Morgan fingerprint density at radius 1 is 0.879 bits per heavy atom. The summed E-state index contributed by atoms with van der Waals surface area (Å²) in [5, 5.41) is 4.66. The molecule has 2 unspecified atom stereocenters. The van der Waals surface area contributed by atoms with E-state index in [9.17, 15) is 0 Å². The zero-order valence-electron chi connectivity index (χ0n) is 18.5. The molecule has 33 heavy (non-hydrogen) atoms. The molecule has 0 bridgehead atoms. The van der Waals surface area contributed by atoms with Crippen LogP contribution in [0.4, 0.5) is 0 Å². The second kappa shape index (κ2) is 12.4. The summed E-state index contributed by atoms with van der Waals surface area (Å²) in [5.74, 6) is 0.658. The predicted molar refractivity (Wildman–Crippen MR) is 133 cm³/mol. The first kappa shape index (κ1) is 24.1. The lowest BCUT2D eigenvalue weighted by atomic mass is 9.98. The molecule has 1 aliphatic rings. The minimum atomic E-state index is -0.213. The van der Waals surface area contributed by atoms with Gasteiger partial charge in [0.2, 0.25) is 0 Å². The first-order valence-corrected chi connectivity index (χ1v) is 12.1. The third-order valence-electron chi connectivity index (χ3n) is 5.62. The number of ether oxygens (including phenoxy) is 3. The fourth-order valence-electron chi connectivity index (χ4n) is 3.90. The fourth-order valence-corrected chi connectivity index (χ4v) is 4.19. The van der Waals surface area contributed by atoms with E-state index in [1.807, 2.05) is 18.2 Å². The Bertz CT molecular complexity index is 942. The molecule has 3 aromatic carbocycles. The summed E-state index contributed by atoms with van der Waals surface area (Å²) in [6, 6.07) is 26.2. The van der Waals surface area contributed by atoms with Crippen molar-refractivity contribution in [2.24, 2.45) is 0 Å². The Kier molecular flexibility index (Phi) is 9.04. The van der Waals surface area contributed by atoms with Gasteiger partial charge in [-0.2, -0.15) is 0 Å². The zero-order chi connectivity index (χ0) is 22.9. The summed E-state index contributed by atoms with van der Waals surface area (Å²) in [7, 11) is 0. The molecule has 0 saturated carbocycles. The summed E-state index contributed by atoms with van der Waals surface area (Å²) in [6.07, 6.45) is 2.65. The van der Waals surface area contributed by atoms with E-state index in [0.29, 0.717) is 28.9 Å². The van der Waals surface area contributed by atoms with Crippen molar-refractivity contribution in [2.45, 2.75) is 37.7 Å². The lowest BCUT2D eigenvalue weighted by Gasteiger charge is -2.29. The summed E-state index contributed by atoms with van der Waals surface area (Å²) in [6.45, 7) is 1.69. The minimum Gasteiger partial charge on any atom is -0.491 e. The quantitative estimate of drug-likeness (QED) is 0.348. The van der Waals surface area contributed by atoms with Gasteiger partial charge in [0.15, 0.2) is 6.29 Å². The van der Waals surface area contributed by atoms with Gasteiger partial charge in [-0.25, -0.2) is 0 Å². The summed E-state index contributed by atoms with van der Waals surface area (Å²) < 4.78 is 18.2. The number of halogens is 2. The van der Waals surface area contributed by atoms with Crippen molar-refractivity contribution >= 4 is 23.2 Å². The molecule has 174 valence electrons. The topological polar surface area (TPSA) is 39.7 Å². The third kappa shape index (κ3) is 7.20. The van der Waals surface area contributed by atoms with Crippen molar-refractivity contribution in [3.8, 4) is 5.75 Å². The molecular formula is C27H29Cl2NO3. The van der Waals surface area contributed by atoms with Crippen molar-refractivity contribution < 1.29 is 14.2 Å². The van der Waals surface area contributed by atoms with Gasteiger partial charge in [0, 0.05) is 19.2 Å². The second-order valence-electron chi connectivity index (χ2n) is 8.10. The highest BCUT2D eigenvalue weighted by atomic mass is 35.5. The van der Waals surface area contributed by atoms with Gasteiger partial charge in [0.1, 0.15) is 18.5 Å². The minimum absolute atomic E-state index is 0.0377. The van der Waals surface area contributed by atoms with Crippen molar-refractivity contribution in [1.82, 2.24) is 5.32 Å². The van der Waals surface area contributed by atoms with E-state index in [4.69, 9.17) is 37.4 Å². The molecule has 0 radical (unpaired) electrons. The van der Waals surface area contributed by atoms with Crippen LogP contribution < -0.4 is 10.1 Å². The molecule has 4 nitrogen and oxygen atoms in total. The highest BCUT2D eigenvalue weighted by Crippen LogP contribution is 2.27. The molecule has 1 fully saturated rings. The molecule has 0 spiro atoms. The van der Waals surface area contributed by atoms with Gasteiger partial charge in [0.25, 0.3) is 0 Å². The third-order valence-corrected chi connectivity index (χ3v) is 6.36. The van der Waals surface area contributed by atoms with Gasteiger partial charge in [0.05, 0.1) is 16.1 Å². The van der Waals surface area contributed by atoms with E-state index in [-0.39, 0.29) is 18.4 Å². The smallest absolute Gasteiger partial charge is 0.158 e. The lowest BCUT2D eigenvalue weighted by Crippen LogP contribution is -2.40. The Labute approximate surface area is 205 Å². The summed E-state index contributed by atoms with van der Waals surface area (Å²) >= 11 is 12.2. The molecule has 0 aliphatic carbocycles. The number of rotatable bonds is 10. The van der Waals surface area contributed by atoms with Gasteiger partial charge < -0.3 is 19.5 Å². The van der Waals surface area contributed by atoms with Gasteiger partial charge in [-0.15, -0.1) is 0 Å². The van der Waals surface area contributed by atoms with Crippen molar-refractivity contribution in [3.63, 3.8) is 0 Å². The Morgan fingerprint density at radius 3 is 2.18 bits per heavy atom. The maximum Gasteiger partial charge on any atom is 0.158 e. The highest BCUT2D eigenvalue weighted by molar-refractivity contribution is 6.42. The summed E-state index contributed by atoms with van der Waals surface area (Å²) in [4.78, 5) is 0. The van der Waals surface area contributed by atoms with E-state index in [1.54, 1.807) is 12.1 Å². The van der Waals surface area contributed by atoms with Gasteiger partial charge in [-0.05, 0) is 42.5 Å². The van der Waals surface area contributed by atoms with Crippen LogP contribution in [-0.4, -0.2) is 32.2 Å². The van der Waals surface area contributed by atoms with E-state index in [1.165, 1.54) is 11.1 Å². The van der Waals surface area contributed by atoms with Crippen LogP contribution in [0.2, 0.25) is 10.0 Å². The Balaban J connectivity index is 1.46. The SMILES string of the molecule is Clc1ccc(OCC(CNC(c2ccccc2)c2ccccc2)OC2CCCCO2)cc1Cl. The highest BCUT2D eigenvalue weighted by Gasteiger charge is 2.23. The predicted octanol–water partition coefficient (Wildman–Crippen LogP) is 6.66. The van der Waals surface area contributed by atoms with E-state index in [2.05, 4.69) is 53.8 Å². The van der Waals surface area contributed by atoms with Crippen LogP contribution in [-0.2, 0) is 9.47 Å². The number of nitrogens with one attached hydrogen (secondary N) is 1. The van der Waals surface area contributed by atoms with Crippen LogP contribution in [0, 0.1) is 0 Å². The Hall–Kier alpha value is -2.08. The van der Waals surface area contributed by atoms with Gasteiger partial charge in [-0.3, -0.25) is 0 Å². The first-order valence-electron chi connectivity index (χ1n) is 11.4. The maximum absolute atomic E-state index is 6.32. The Morgan fingerprint density at radius 2 is 1.58 bits per heavy atom. The normalized spacial score (nSPS) is 17.1. The van der Waals surface area contributed by atoms with Crippen molar-refractivity contribution in [3.05, 3.63) is 100 Å². The number of hydrogen-bond donors (Lipinski definition) is 1. The molecule has 1 saturated heterocycles. The van der Waals surface area contributed by atoms with E-state index < -0.39 is 0 Å². The van der Waals surface area contributed by atoms with Crippen molar-refractivity contribution in [1.29, 1.82) is 0 Å². The molecule has 0 aromatic heterocycles. The second-order valence-corrected chi connectivity index (χ2v) is 8.92. The maximum atomic E-state index is 6.32. The molecule has 0 amide bonds. The molecule has 1 aliphatic heterocycles. The molecular weight excluding hydrogens is 457 g/mol. The molecule has 3 aromatic rings. The average Bonchev–Trinajstić information content (AvgIpc) is 2.86.